The van der Waals surface area contributed by atoms with E-state index in [9.17, 15) is 0 Å². The Morgan fingerprint density at radius 3 is 2.10 bits per heavy atom. The molecule has 0 aromatic heterocycles. The molecule has 0 aliphatic rings. The van der Waals surface area contributed by atoms with Gasteiger partial charge in [-0.1, -0.05) is 64.1 Å². The Bertz CT molecular complexity index is 612. The molecule has 0 aliphatic heterocycles. The van der Waals surface area contributed by atoms with Crippen molar-refractivity contribution in [1.82, 2.24) is 0 Å². The second-order valence-electron chi connectivity index (χ2n) is 6.05. The van der Waals surface area contributed by atoms with Gasteiger partial charge in [-0.2, -0.15) is 10.2 Å². The Balaban J connectivity index is 2.05. The van der Waals surface area contributed by atoms with E-state index in [4.69, 9.17) is 0 Å². The van der Waals surface area contributed by atoms with Crippen molar-refractivity contribution in [3.05, 3.63) is 65.2 Å². The maximum atomic E-state index is 4.34. The third kappa shape index (κ3) is 4.52. The predicted octanol–water partition coefficient (Wildman–Crippen LogP) is 6.22. The van der Waals surface area contributed by atoms with Gasteiger partial charge in [0, 0.05) is 0 Å². The summed E-state index contributed by atoms with van der Waals surface area (Å²) >= 11 is 0. The molecule has 0 heterocycles. The van der Waals surface area contributed by atoms with Crippen molar-refractivity contribution in [3.8, 4) is 0 Å². The van der Waals surface area contributed by atoms with Gasteiger partial charge in [-0.3, -0.25) is 0 Å². The third-order valence-electron chi connectivity index (χ3n) is 3.59. The molecule has 2 aromatic rings. The van der Waals surface area contributed by atoms with Crippen LogP contribution in [0, 0.1) is 0 Å². The summed E-state index contributed by atoms with van der Waals surface area (Å²) in [6.07, 6.45) is 0. The molecule has 0 aliphatic carbocycles. The number of rotatable bonds is 5. The van der Waals surface area contributed by atoms with E-state index in [1.54, 1.807) is 0 Å². The van der Waals surface area contributed by atoms with Crippen LogP contribution in [-0.4, -0.2) is 0 Å². The zero-order valence-electron chi connectivity index (χ0n) is 13.4. The molecule has 0 N–H and O–H groups in total. The summed E-state index contributed by atoms with van der Waals surface area (Å²) in [6, 6.07) is 16.9. The van der Waals surface area contributed by atoms with Gasteiger partial charge in [0.2, 0.25) is 0 Å². The van der Waals surface area contributed by atoms with Crippen molar-refractivity contribution in [1.29, 1.82) is 0 Å². The van der Waals surface area contributed by atoms with E-state index in [0.29, 0.717) is 18.4 Å². The molecule has 2 rings (SSSR count). The maximum absolute atomic E-state index is 4.34. The van der Waals surface area contributed by atoms with Crippen LogP contribution in [0.2, 0.25) is 0 Å². The topological polar surface area (TPSA) is 24.7 Å². The average Bonchev–Trinajstić information content (AvgIpc) is 2.48. The average molecular weight is 280 g/mol. The van der Waals surface area contributed by atoms with Gasteiger partial charge in [-0.15, -0.1) is 0 Å². The molecule has 0 spiro atoms. The van der Waals surface area contributed by atoms with Crippen LogP contribution in [0.25, 0.3) is 0 Å². The smallest absolute Gasteiger partial charge is 0.0855 e. The van der Waals surface area contributed by atoms with Gasteiger partial charge in [0.25, 0.3) is 0 Å². The fourth-order valence-electron chi connectivity index (χ4n) is 2.20. The fourth-order valence-corrected chi connectivity index (χ4v) is 2.20. The summed E-state index contributed by atoms with van der Waals surface area (Å²) in [7, 11) is 0. The summed E-state index contributed by atoms with van der Waals surface area (Å²) in [5, 5.41) is 8.68. The lowest BCUT2D eigenvalue weighted by Crippen LogP contribution is -1.89. The molecular formula is C19H24N2. The highest BCUT2D eigenvalue weighted by atomic mass is 15.1. The molecule has 0 radical (unpaired) electrons. The van der Waals surface area contributed by atoms with Crippen molar-refractivity contribution in [2.45, 2.75) is 46.1 Å². The van der Waals surface area contributed by atoms with Crippen LogP contribution in [0.1, 0.15) is 56.2 Å². The van der Waals surface area contributed by atoms with E-state index in [0.717, 1.165) is 5.69 Å². The molecule has 0 saturated heterocycles. The first-order chi connectivity index (χ1) is 10.1. The summed E-state index contributed by atoms with van der Waals surface area (Å²) in [4.78, 5) is 0. The molecule has 0 bridgehead atoms. The van der Waals surface area contributed by atoms with Crippen LogP contribution in [-0.2, 0) is 6.54 Å². The van der Waals surface area contributed by atoms with Crippen LogP contribution in [0.5, 0.6) is 0 Å². The highest BCUT2D eigenvalue weighted by Gasteiger charge is 2.01. The van der Waals surface area contributed by atoms with Gasteiger partial charge < -0.3 is 0 Å². The van der Waals surface area contributed by atoms with Crippen molar-refractivity contribution in [3.63, 3.8) is 0 Å². The molecule has 0 fully saturated rings. The Labute approximate surface area is 127 Å². The standard InChI is InChI=1S/C19H24N2/c1-14(2)17-8-5-7-16(11-17)13-20-21-19-10-6-9-18(12-19)15(3)4/h5-12,14-15H,13H2,1-4H3. The van der Waals surface area contributed by atoms with Crippen molar-refractivity contribution in [2.24, 2.45) is 10.2 Å². The molecule has 21 heavy (non-hydrogen) atoms. The molecule has 2 nitrogen and oxygen atoms in total. The van der Waals surface area contributed by atoms with Gasteiger partial charge in [0.1, 0.15) is 0 Å². The van der Waals surface area contributed by atoms with Gasteiger partial charge in [0.15, 0.2) is 0 Å². The Hall–Kier alpha value is -1.96. The number of hydrogen-bond acceptors (Lipinski definition) is 2. The number of nitrogens with zero attached hydrogens (tertiary/aromatic N) is 2. The molecule has 0 saturated carbocycles. The van der Waals surface area contributed by atoms with Crippen LogP contribution in [0.3, 0.4) is 0 Å². The third-order valence-corrected chi connectivity index (χ3v) is 3.59. The Morgan fingerprint density at radius 1 is 0.810 bits per heavy atom. The lowest BCUT2D eigenvalue weighted by molar-refractivity contribution is 0.856. The van der Waals surface area contributed by atoms with E-state index in [2.05, 4.69) is 74.3 Å². The van der Waals surface area contributed by atoms with E-state index >= 15 is 0 Å². The minimum Gasteiger partial charge on any atom is -0.184 e. The number of azo groups is 1. The molecule has 2 heteroatoms. The quantitative estimate of drug-likeness (QED) is 0.581. The number of benzene rings is 2. The van der Waals surface area contributed by atoms with E-state index in [-0.39, 0.29) is 0 Å². The Morgan fingerprint density at radius 2 is 1.43 bits per heavy atom. The van der Waals surface area contributed by atoms with Gasteiger partial charge in [0.05, 0.1) is 12.2 Å². The summed E-state index contributed by atoms with van der Waals surface area (Å²) in [5.41, 5.74) is 4.80. The van der Waals surface area contributed by atoms with Crippen molar-refractivity contribution >= 4 is 5.69 Å². The first-order valence-corrected chi connectivity index (χ1v) is 7.62. The Kier molecular flexibility index (Phi) is 5.26. The first-order valence-electron chi connectivity index (χ1n) is 7.62. The molecule has 0 unspecified atom stereocenters. The van der Waals surface area contributed by atoms with E-state index < -0.39 is 0 Å². The van der Waals surface area contributed by atoms with Gasteiger partial charge in [-0.25, -0.2) is 0 Å². The molecular weight excluding hydrogens is 256 g/mol. The predicted molar refractivity (Wildman–Crippen MR) is 89.3 cm³/mol. The normalized spacial score (nSPS) is 11.7. The molecule has 0 amide bonds. The highest BCUT2D eigenvalue weighted by Crippen LogP contribution is 2.21. The molecule has 110 valence electrons. The second kappa shape index (κ2) is 7.16. The van der Waals surface area contributed by atoms with Crippen LogP contribution in [0.15, 0.2) is 58.8 Å². The fraction of sp³-hybridized carbons (Fsp3) is 0.368. The van der Waals surface area contributed by atoms with Crippen LogP contribution in [0.4, 0.5) is 5.69 Å². The van der Waals surface area contributed by atoms with Crippen LogP contribution >= 0.6 is 0 Å². The second-order valence-corrected chi connectivity index (χ2v) is 6.05. The first kappa shape index (κ1) is 15.4. The van der Waals surface area contributed by atoms with Gasteiger partial charge in [-0.05, 0) is 40.7 Å². The molecule has 0 atom stereocenters. The molecule has 2 aromatic carbocycles. The maximum Gasteiger partial charge on any atom is 0.0855 e. The SMILES string of the molecule is CC(C)c1cccc(CN=Nc2cccc(C(C)C)c2)c1. The number of hydrogen-bond donors (Lipinski definition) is 0. The minimum atomic E-state index is 0.517. The summed E-state index contributed by atoms with van der Waals surface area (Å²) in [5.74, 6) is 1.06. The van der Waals surface area contributed by atoms with Crippen LogP contribution < -0.4 is 0 Å². The van der Waals surface area contributed by atoms with Gasteiger partial charge >= 0.3 is 0 Å². The summed E-state index contributed by atoms with van der Waals surface area (Å²) in [6.45, 7) is 9.42. The largest absolute Gasteiger partial charge is 0.184 e. The zero-order chi connectivity index (χ0) is 15.2. The monoisotopic (exact) mass is 280 g/mol. The minimum absolute atomic E-state index is 0.517. The lowest BCUT2D eigenvalue weighted by Gasteiger charge is -2.06. The van der Waals surface area contributed by atoms with E-state index in [1.807, 2.05) is 12.1 Å². The lowest BCUT2D eigenvalue weighted by atomic mass is 10.0. The highest BCUT2D eigenvalue weighted by molar-refractivity contribution is 5.40. The van der Waals surface area contributed by atoms with E-state index in [1.165, 1.54) is 16.7 Å². The zero-order valence-corrected chi connectivity index (χ0v) is 13.4. The summed E-state index contributed by atoms with van der Waals surface area (Å²) < 4.78 is 0. The van der Waals surface area contributed by atoms with Crippen molar-refractivity contribution in [2.75, 3.05) is 0 Å². The van der Waals surface area contributed by atoms with Crippen molar-refractivity contribution < 1.29 is 0 Å².